The molecule has 2 heterocycles. The summed E-state index contributed by atoms with van der Waals surface area (Å²) >= 11 is 0. The van der Waals surface area contributed by atoms with Crippen LogP contribution in [0, 0.1) is 5.92 Å². The van der Waals surface area contributed by atoms with E-state index in [0.29, 0.717) is 13.2 Å². The van der Waals surface area contributed by atoms with E-state index in [2.05, 4.69) is 0 Å². The molecule has 0 spiro atoms. The minimum Gasteiger partial charge on any atom is -0.394 e. The normalized spacial score (nSPS) is 28.6. The average molecular weight is 199 g/mol. The lowest BCUT2D eigenvalue weighted by Crippen LogP contribution is -2.55. The molecule has 4 nitrogen and oxygen atoms in total. The van der Waals surface area contributed by atoms with E-state index in [4.69, 9.17) is 9.84 Å². The first kappa shape index (κ1) is 9.93. The van der Waals surface area contributed by atoms with Gasteiger partial charge in [0.15, 0.2) is 0 Å². The molecule has 2 saturated heterocycles. The lowest BCUT2D eigenvalue weighted by atomic mass is 9.94. The standard InChI is InChI=1S/C10H17NO3/c12-7-9-1-4-11(9)10(13)8-2-5-14-6-3-8/h8-9,12H,1-7H2. The topological polar surface area (TPSA) is 49.8 Å². The minimum absolute atomic E-state index is 0.0883. The third kappa shape index (κ3) is 1.77. The molecule has 0 saturated carbocycles. The number of hydrogen-bond acceptors (Lipinski definition) is 3. The summed E-state index contributed by atoms with van der Waals surface area (Å²) in [6, 6.07) is 0.0883. The first-order valence-corrected chi connectivity index (χ1v) is 5.32. The van der Waals surface area contributed by atoms with Gasteiger partial charge in [-0.25, -0.2) is 0 Å². The van der Waals surface area contributed by atoms with Crippen molar-refractivity contribution in [2.75, 3.05) is 26.4 Å². The van der Waals surface area contributed by atoms with Crippen LogP contribution in [0.5, 0.6) is 0 Å². The Hall–Kier alpha value is -0.610. The van der Waals surface area contributed by atoms with Crippen LogP contribution in [0.15, 0.2) is 0 Å². The highest BCUT2D eigenvalue weighted by Gasteiger charge is 2.35. The number of aliphatic hydroxyl groups is 1. The fourth-order valence-electron chi connectivity index (χ4n) is 2.10. The van der Waals surface area contributed by atoms with E-state index >= 15 is 0 Å². The molecular weight excluding hydrogens is 182 g/mol. The molecule has 0 radical (unpaired) electrons. The highest BCUT2D eigenvalue weighted by Crippen LogP contribution is 2.24. The Morgan fingerprint density at radius 1 is 1.36 bits per heavy atom. The summed E-state index contributed by atoms with van der Waals surface area (Å²) in [6.07, 6.45) is 2.63. The summed E-state index contributed by atoms with van der Waals surface area (Å²) in [7, 11) is 0. The van der Waals surface area contributed by atoms with Crippen molar-refractivity contribution in [2.24, 2.45) is 5.92 Å². The van der Waals surface area contributed by atoms with Gasteiger partial charge in [-0.3, -0.25) is 4.79 Å². The number of hydrogen-bond donors (Lipinski definition) is 1. The molecule has 0 aromatic carbocycles. The average Bonchev–Trinajstić information content (AvgIpc) is 2.18. The van der Waals surface area contributed by atoms with Crippen LogP contribution in [0.2, 0.25) is 0 Å². The zero-order chi connectivity index (χ0) is 9.97. The Morgan fingerprint density at radius 3 is 2.57 bits per heavy atom. The van der Waals surface area contributed by atoms with Gasteiger partial charge in [0.1, 0.15) is 0 Å². The molecule has 4 heteroatoms. The van der Waals surface area contributed by atoms with Crippen molar-refractivity contribution in [2.45, 2.75) is 25.3 Å². The molecule has 2 fully saturated rings. The zero-order valence-electron chi connectivity index (χ0n) is 8.32. The van der Waals surface area contributed by atoms with Gasteiger partial charge in [0.2, 0.25) is 5.91 Å². The van der Waals surface area contributed by atoms with Gasteiger partial charge in [-0.15, -0.1) is 0 Å². The van der Waals surface area contributed by atoms with Crippen LogP contribution in [0.25, 0.3) is 0 Å². The van der Waals surface area contributed by atoms with Gasteiger partial charge >= 0.3 is 0 Å². The Bertz CT molecular complexity index is 207. The highest BCUT2D eigenvalue weighted by molar-refractivity contribution is 5.80. The summed E-state index contributed by atoms with van der Waals surface area (Å²) in [5.41, 5.74) is 0. The number of carbonyl (C=O) groups is 1. The fourth-order valence-corrected chi connectivity index (χ4v) is 2.10. The van der Waals surface area contributed by atoms with Crippen LogP contribution >= 0.6 is 0 Å². The van der Waals surface area contributed by atoms with E-state index in [1.807, 2.05) is 4.90 Å². The molecule has 0 aromatic heterocycles. The molecule has 1 atom stereocenters. The molecule has 0 aliphatic carbocycles. The van der Waals surface area contributed by atoms with Gasteiger partial charge in [0.05, 0.1) is 12.6 Å². The molecule has 0 bridgehead atoms. The van der Waals surface area contributed by atoms with Gasteiger partial charge in [-0.1, -0.05) is 0 Å². The molecule has 1 amide bonds. The maximum absolute atomic E-state index is 11.9. The van der Waals surface area contributed by atoms with E-state index in [0.717, 1.165) is 25.8 Å². The third-order valence-corrected chi connectivity index (χ3v) is 3.21. The van der Waals surface area contributed by atoms with Crippen LogP contribution in [0.1, 0.15) is 19.3 Å². The first-order chi connectivity index (χ1) is 6.83. The molecule has 2 aliphatic rings. The number of likely N-dealkylation sites (tertiary alicyclic amines) is 1. The van der Waals surface area contributed by atoms with Crippen molar-refractivity contribution in [3.63, 3.8) is 0 Å². The van der Waals surface area contributed by atoms with Crippen molar-refractivity contribution in [3.8, 4) is 0 Å². The van der Waals surface area contributed by atoms with Gasteiger partial charge < -0.3 is 14.7 Å². The number of carbonyl (C=O) groups excluding carboxylic acids is 1. The van der Waals surface area contributed by atoms with Crippen LogP contribution < -0.4 is 0 Å². The predicted molar refractivity (Wildman–Crippen MR) is 50.7 cm³/mol. The minimum atomic E-state index is 0.0883. The molecule has 2 aliphatic heterocycles. The van der Waals surface area contributed by atoms with Crippen molar-refractivity contribution in [1.29, 1.82) is 0 Å². The Kier molecular flexibility index (Phi) is 3.03. The van der Waals surface area contributed by atoms with Gasteiger partial charge in [-0.2, -0.15) is 0 Å². The molecular formula is C10H17NO3. The molecule has 2 rings (SSSR count). The number of aliphatic hydroxyl groups excluding tert-OH is 1. The quantitative estimate of drug-likeness (QED) is 0.681. The third-order valence-electron chi connectivity index (χ3n) is 3.21. The molecule has 80 valence electrons. The Morgan fingerprint density at radius 2 is 2.07 bits per heavy atom. The summed E-state index contributed by atoms with van der Waals surface area (Å²) in [6.45, 7) is 2.33. The molecule has 0 aromatic rings. The number of nitrogens with zero attached hydrogens (tertiary/aromatic N) is 1. The van der Waals surface area contributed by atoms with Crippen LogP contribution in [-0.4, -0.2) is 48.3 Å². The largest absolute Gasteiger partial charge is 0.394 e. The fraction of sp³-hybridized carbons (Fsp3) is 0.900. The first-order valence-electron chi connectivity index (χ1n) is 5.32. The van der Waals surface area contributed by atoms with Gasteiger partial charge in [0, 0.05) is 25.7 Å². The maximum Gasteiger partial charge on any atom is 0.226 e. The second-order valence-electron chi connectivity index (χ2n) is 4.04. The summed E-state index contributed by atoms with van der Waals surface area (Å²) in [5.74, 6) is 0.358. The second kappa shape index (κ2) is 4.28. The zero-order valence-corrected chi connectivity index (χ0v) is 8.32. The van der Waals surface area contributed by atoms with E-state index in [9.17, 15) is 4.79 Å². The SMILES string of the molecule is O=C(C1CCOCC1)N1CCC1CO. The van der Waals surface area contributed by atoms with Crippen LogP contribution in [0.4, 0.5) is 0 Å². The van der Waals surface area contributed by atoms with E-state index in [-0.39, 0.29) is 24.5 Å². The summed E-state index contributed by atoms with van der Waals surface area (Å²) in [5, 5.41) is 8.99. The molecule has 14 heavy (non-hydrogen) atoms. The highest BCUT2D eigenvalue weighted by atomic mass is 16.5. The van der Waals surface area contributed by atoms with Crippen LogP contribution in [0.3, 0.4) is 0 Å². The second-order valence-corrected chi connectivity index (χ2v) is 4.04. The lowest BCUT2D eigenvalue weighted by Gasteiger charge is -2.42. The molecule has 1 unspecified atom stereocenters. The van der Waals surface area contributed by atoms with Gasteiger partial charge in [-0.05, 0) is 19.3 Å². The van der Waals surface area contributed by atoms with Crippen molar-refractivity contribution in [1.82, 2.24) is 4.90 Å². The molecule has 1 N–H and O–H groups in total. The van der Waals surface area contributed by atoms with Crippen molar-refractivity contribution < 1.29 is 14.6 Å². The number of rotatable bonds is 2. The van der Waals surface area contributed by atoms with Crippen LogP contribution in [-0.2, 0) is 9.53 Å². The maximum atomic E-state index is 11.9. The van der Waals surface area contributed by atoms with E-state index in [1.54, 1.807) is 0 Å². The van der Waals surface area contributed by atoms with E-state index in [1.165, 1.54) is 0 Å². The van der Waals surface area contributed by atoms with E-state index < -0.39 is 0 Å². The summed E-state index contributed by atoms with van der Waals surface area (Å²) in [4.78, 5) is 13.7. The summed E-state index contributed by atoms with van der Waals surface area (Å²) < 4.78 is 5.21. The van der Waals surface area contributed by atoms with Gasteiger partial charge in [0.25, 0.3) is 0 Å². The number of ether oxygens (including phenoxy) is 1. The predicted octanol–water partition coefficient (Wildman–Crippen LogP) is 0.00620. The Labute approximate surface area is 83.8 Å². The smallest absolute Gasteiger partial charge is 0.226 e. The van der Waals surface area contributed by atoms with Crippen molar-refractivity contribution in [3.05, 3.63) is 0 Å². The Balaban J connectivity index is 1.87. The lowest BCUT2D eigenvalue weighted by molar-refractivity contribution is -0.148. The number of amides is 1. The monoisotopic (exact) mass is 199 g/mol. The van der Waals surface area contributed by atoms with Crippen molar-refractivity contribution >= 4 is 5.91 Å².